The molecule has 1 aliphatic heterocycles. The molecule has 6 nitrogen and oxygen atoms in total. The number of hydrogen-bond donors (Lipinski definition) is 1. The van der Waals surface area contributed by atoms with Crippen molar-refractivity contribution in [2.24, 2.45) is 0 Å². The summed E-state index contributed by atoms with van der Waals surface area (Å²) < 4.78 is 31.1. The number of carbonyl (C=O) groups excluding carboxylic acids is 1. The Hall–Kier alpha value is -1.34. The molecule has 0 amide bonds. The zero-order valence-corrected chi connectivity index (χ0v) is 12.1. The lowest BCUT2D eigenvalue weighted by molar-refractivity contribution is 0.0519. The van der Waals surface area contributed by atoms with Crippen molar-refractivity contribution in [3.63, 3.8) is 0 Å². The molecule has 1 saturated heterocycles. The summed E-state index contributed by atoms with van der Waals surface area (Å²) in [5.74, 6) is -0.520. The molecule has 2 rings (SSSR count). The van der Waals surface area contributed by atoms with Gasteiger partial charge in [-0.15, -0.1) is 0 Å². The van der Waals surface area contributed by atoms with Gasteiger partial charge in [-0.1, -0.05) is 0 Å². The van der Waals surface area contributed by atoms with Crippen LogP contribution >= 0.6 is 0 Å². The topological polar surface area (TPSA) is 79.5 Å². The highest BCUT2D eigenvalue weighted by molar-refractivity contribution is 7.89. The summed E-state index contributed by atoms with van der Waals surface area (Å²) >= 11 is 0. The largest absolute Gasteiger partial charge is 0.461 e. The van der Waals surface area contributed by atoms with Crippen LogP contribution in [0, 0.1) is 13.8 Å². The Morgan fingerprint density at radius 3 is 2.47 bits per heavy atom. The van der Waals surface area contributed by atoms with Gasteiger partial charge in [-0.3, -0.25) is 0 Å². The van der Waals surface area contributed by atoms with Gasteiger partial charge >= 0.3 is 5.97 Å². The van der Waals surface area contributed by atoms with Gasteiger partial charge in [0.15, 0.2) is 0 Å². The lowest BCUT2D eigenvalue weighted by Crippen LogP contribution is -2.42. The minimum Gasteiger partial charge on any atom is -0.461 e. The van der Waals surface area contributed by atoms with Crippen molar-refractivity contribution in [2.45, 2.75) is 32.1 Å². The minimum atomic E-state index is -3.50. The molecular weight excluding hydrogens is 268 g/mol. The average molecular weight is 286 g/mol. The van der Waals surface area contributed by atoms with E-state index in [-0.39, 0.29) is 17.2 Å². The van der Waals surface area contributed by atoms with Crippen LogP contribution in [-0.4, -0.2) is 43.4 Å². The Labute approximate surface area is 112 Å². The average Bonchev–Trinajstić information content (AvgIpc) is 2.51. The smallest absolute Gasteiger partial charge is 0.355 e. The SMILES string of the molecule is CCOC(=O)c1[nH]c(C)c(S(=O)(=O)N2CCC2)c1C. The van der Waals surface area contributed by atoms with Crippen LogP contribution in [0.2, 0.25) is 0 Å². The predicted molar refractivity (Wildman–Crippen MR) is 69.6 cm³/mol. The fraction of sp³-hybridized carbons (Fsp3) is 0.583. The second-order valence-corrected chi connectivity index (χ2v) is 6.43. The van der Waals surface area contributed by atoms with E-state index in [1.165, 1.54) is 4.31 Å². The van der Waals surface area contributed by atoms with E-state index >= 15 is 0 Å². The third kappa shape index (κ3) is 2.28. The Morgan fingerprint density at radius 1 is 1.37 bits per heavy atom. The molecule has 0 unspecified atom stereocenters. The molecule has 1 aromatic rings. The molecule has 106 valence electrons. The highest BCUT2D eigenvalue weighted by Crippen LogP contribution is 2.29. The molecule has 0 spiro atoms. The van der Waals surface area contributed by atoms with Gasteiger partial charge in [-0.2, -0.15) is 4.31 Å². The lowest BCUT2D eigenvalue weighted by atomic mass is 10.2. The number of H-pyrrole nitrogens is 1. The van der Waals surface area contributed by atoms with E-state index in [1.807, 2.05) is 0 Å². The van der Waals surface area contributed by atoms with Gasteiger partial charge in [0.25, 0.3) is 0 Å². The molecule has 1 N–H and O–H groups in total. The van der Waals surface area contributed by atoms with Gasteiger partial charge in [0.05, 0.1) is 6.61 Å². The number of nitrogens with zero attached hydrogens (tertiary/aromatic N) is 1. The van der Waals surface area contributed by atoms with E-state index in [4.69, 9.17) is 4.74 Å². The van der Waals surface area contributed by atoms with Crippen molar-refractivity contribution in [3.05, 3.63) is 17.0 Å². The lowest BCUT2D eigenvalue weighted by Gasteiger charge is -2.29. The summed E-state index contributed by atoms with van der Waals surface area (Å²) in [6.07, 6.45) is 0.881. The Kier molecular flexibility index (Phi) is 3.69. The first kappa shape index (κ1) is 14.1. The molecule has 19 heavy (non-hydrogen) atoms. The fourth-order valence-corrected chi connectivity index (χ4v) is 4.11. The zero-order valence-electron chi connectivity index (χ0n) is 11.3. The van der Waals surface area contributed by atoms with Crippen molar-refractivity contribution in [1.82, 2.24) is 9.29 Å². The van der Waals surface area contributed by atoms with Crippen LogP contribution in [0.5, 0.6) is 0 Å². The molecule has 1 aliphatic rings. The molecule has 0 atom stereocenters. The Morgan fingerprint density at radius 2 is 2.00 bits per heavy atom. The third-order valence-electron chi connectivity index (χ3n) is 3.26. The Balaban J connectivity index is 2.45. The van der Waals surface area contributed by atoms with Gasteiger partial charge in [0.2, 0.25) is 10.0 Å². The standard InChI is InChI=1S/C12H18N2O4S/c1-4-18-12(15)10-8(2)11(9(3)13-10)19(16,17)14-6-5-7-14/h13H,4-7H2,1-3H3. The number of ether oxygens (including phenoxy) is 1. The summed E-state index contributed by atoms with van der Waals surface area (Å²) in [6, 6.07) is 0. The molecule has 2 heterocycles. The number of esters is 1. The van der Waals surface area contributed by atoms with Crippen LogP contribution in [0.25, 0.3) is 0 Å². The van der Waals surface area contributed by atoms with Gasteiger partial charge in [0.1, 0.15) is 10.6 Å². The molecular formula is C12H18N2O4S. The van der Waals surface area contributed by atoms with E-state index < -0.39 is 16.0 Å². The summed E-state index contributed by atoms with van der Waals surface area (Å²) in [5, 5.41) is 0. The van der Waals surface area contributed by atoms with Gasteiger partial charge < -0.3 is 9.72 Å². The van der Waals surface area contributed by atoms with Crippen LogP contribution in [-0.2, 0) is 14.8 Å². The molecule has 0 bridgehead atoms. The van der Waals surface area contributed by atoms with Gasteiger partial charge in [-0.05, 0) is 27.2 Å². The number of carbonyl (C=O) groups is 1. The first-order chi connectivity index (χ1) is 8.89. The van der Waals surface area contributed by atoms with E-state index in [0.717, 1.165) is 6.42 Å². The molecule has 7 heteroatoms. The van der Waals surface area contributed by atoms with Gasteiger partial charge in [0, 0.05) is 24.3 Å². The number of nitrogens with one attached hydrogen (secondary N) is 1. The van der Waals surface area contributed by atoms with Crippen LogP contribution < -0.4 is 0 Å². The van der Waals surface area contributed by atoms with Crippen molar-refractivity contribution < 1.29 is 17.9 Å². The van der Waals surface area contributed by atoms with E-state index in [2.05, 4.69) is 4.98 Å². The maximum atomic E-state index is 12.4. The van der Waals surface area contributed by atoms with Crippen LogP contribution in [0.1, 0.15) is 35.1 Å². The number of hydrogen-bond acceptors (Lipinski definition) is 4. The molecule has 1 fully saturated rings. The van der Waals surface area contributed by atoms with E-state index in [1.54, 1.807) is 20.8 Å². The van der Waals surface area contributed by atoms with E-state index in [9.17, 15) is 13.2 Å². The van der Waals surface area contributed by atoms with E-state index in [0.29, 0.717) is 24.3 Å². The Bertz CT molecular complexity index is 599. The summed E-state index contributed by atoms with van der Waals surface area (Å²) in [5.41, 5.74) is 1.13. The maximum absolute atomic E-state index is 12.4. The third-order valence-corrected chi connectivity index (χ3v) is 5.43. The summed E-state index contributed by atoms with van der Waals surface area (Å²) in [6.45, 7) is 6.33. The first-order valence-electron chi connectivity index (χ1n) is 6.26. The van der Waals surface area contributed by atoms with Crippen LogP contribution in [0.15, 0.2) is 4.90 Å². The second-order valence-electron chi connectivity index (χ2n) is 4.56. The quantitative estimate of drug-likeness (QED) is 0.844. The molecule has 1 aromatic heterocycles. The highest BCUT2D eigenvalue weighted by atomic mass is 32.2. The fourth-order valence-electron chi connectivity index (χ4n) is 2.18. The molecule has 0 aliphatic carbocycles. The van der Waals surface area contributed by atoms with Crippen molar-refractivity contribution in [2.75, 3.05) is 19.7 Å². The number of rotatable bonds is 4. The van der Waals surface area contributed by atoms with Gasteiger partial charge in [-0.25, -0.2) is 13.2 Å². The van der Waals surface area contributed by atoms with Crippen LogP contribution in [0.3, 0.4) is 0 Å². The number of aromatic amines is 1. The number of aryl methyl sites for hydroxylation is 1. The summed E-state index contributed by atoms with van der Waals surface area (Å²) in [4.78, 5) is 14.8. The van der Waals surface area contributed by atoms with Crippen molar-refractivity contribution in [3.8, 4) is 0 Å². The number of aromatic nitrogens is 1. The molecule has 0 saturated carbocycles. The van der Waals surface area contributed by atoms with Crippen molar-refractivity contribution in [1.29, 1.82) is 0 Å². The summed E-state index contributed by atoms with van der Waals surface area (Å²) in [7, 11) is -3.50. The first-order valence-corrected chi connectivity index (χ1v) is 7.70. The normalized spacial score (nSPS) is 16.2. The van der Waals surface area contributed by atoms with Crippen molar-refractivity contribution >= 4 is 16.0 Å². The minimum absolute atomic E-state index is 0.204. The predicted octanol–water partition coefficient (Wildman–Crippen LogP) is 1.20. The monoisotopic (exact) mass is 286 g/mol. The zero-order chi connectivity index (χ0) is 14.2. The second kappa shape index (κ2) is 4.97. The van der Waals surface area contributed by atoms with Crippen LogP contribution in [0.4, 0.5) is 0 Å². The molecule has 0 aromatic carbocycles. The maximum Gasteiger partial charge on any atom is 0.355 e. The number of sulfonamides is 1. The molecule has 0 radical (unpaired) electrons. The highest BCUT2D eigenvalue weighted by Gasteiger charge is 2.34.